The molecule has 0 saturated carbocycles. The van der Waals surface area contributed by atoms with Crippen molar-refractivity contribution < 1.29 is 14.3 Å². The molecule has 2 aliphatic heterocycles. The van der Waals surface area contributed by atoms with Gasteiger partial charge in [0.15, 0.2) is 5.96 Å². The number of benzene rings is 2. The van der Waals surface area contributed by atoms with Crippen molar-refractivity contribution in [2.45, 2.75) is 83.7 Å². The molecule has 0 bridgehead atoms. The molecule has 0 aliphatic carbocycles. The normalized spacial score (nSPS) is 17.2. The van der Waals surface area contributed by atoms with Gasteiger partial charge in [0, 0.05) is 51.3 Å². The highest BCUT2D eigenvalue weighted by molar-refractivity contribution is 5.96. The maximum absolute atomic E-state index is 12.4. The quantitative estimate of drug-likeness (QED) is 0.164. The number of rotatable bonds is 15. The minimum Gasteiger partial charge on any atom is -0.493 e. The molecule has 4 rings (SSSR count). The molecule has 2 saturated heterocycles. The Labute approximate surface area is 259 Å². The van der Waals surface area contributed by atoms with Crippen molar-refractivity contribution in [3.63, 3.8) is 0 Å². The molecule has 2 aliphatic rings. The molecule has 2 heterocycles. The van der Waals surface area contributed by atoms with Crippen LogP contribution in [0.15, 0.2) is 47.5 Å². The molecule has 3 N–H and O–H groups in total. The van der Waals surface area contributed by atoms with Crippen LogP contribution in [0.25, 0.3) is 11.1 Å². The molecule has 1 amide bonds. The van der Waals surface area contributed by atoms with E-state index in [1.165, 1.54) is 63.8 Å². The predicted octanol–water partition coefficient (Wildman–Crippen LogP) is 5.38. The van der Waals surface area contributed by atoms with Crippen molar-refractivity contribution in [3.05, 3.63) is 53.6 Å². The second-order valence-electron chi connectivity index (χ2n) is 12.0. The predicted molar refractivity (Wildman–Crippen MR) is 175 cm³/mol. The van der Waals surface area contributed by atoms with Crippen LogP contribution in [-0.4, -0.2) is 80.8 Å². The molecular formula is C35H53N5O3. The fourth-order valence-corrected chi connectivity index (χ4v) is 6.10. The van der Waals surface area contributed by atoms with Crippen LogP contribution in [0.3, 0.4) is 0 Å². The SMILES string of the molecule is CCCCN=C(N)NC(=O)CCc1ccc(-c2ccc(CN3CCC(N4CCCCC4)CC3)cc2)c(OCCCOC)c1. The summed E-state index contributed by atoms with van der Waals surface area (Å²) in [5.74, 6) is 0.902. The number of methoxy groups -OCH3 is 1. The van der Waals surface area contributed by atoms with Crippen molar-refractivity contribution in [2.24, 2.45) is 10.7 Å². The van der Waals surface area contributed by atoms with Gasteiger partial charge in [-0.1, -0.05) is 56.2 Å². The molecule has 8 nitrogen and oxygen atoms in total. The summed E-state index contributed by atoms with van der Waals surface area (Å²) < 4.78 is 11.4. The second kappa shape index (κ2) is 18.0. The Balaban J connectivity index is 1.34. The van der Waals surface area contributed by atoms with Crippen molar-refractivity contribution >= 4 is 11.9 Å². The van der Waals surface area contributed by atoms with E-state index in [9.17, 15) is 4.79 Å². The summed E-state index contributed by atoms with van der Waals surface area (Å²) in [4.78, 5) is 22.0. The van der Waals surface area contributed by atoms with Crippen molar-refractivity contribution in [1.82, 2.24) is 15.1 Å². The standard InChI is InChI=1S/C35H53N5O3/c1-3-4-19-37-35(36)38-34(41)16-12-28-11-15-32(33(26-28)43-25-8-24-42-2)30-13-9-29(10-14-30)27-39-22-17-31(18-23-39)40-20-6-5-7-21-40/h9-11,13-15,26,31H,3-8,12,16-25,27H2,1-2H3,(H3,36,37,38,41). The van der Waals surface area contributed by atoms with Gasteiger partial charge in [-0.25, -0.2) is 0 Å². The van der Waals surface area contributed by atoms with Gasteiger partial charge < -0.3 is 20.1 Å². The highest BCUT2D eigenvalue weighted by atomic mass is 16.5. The van der Waals surface area contributed by atoms with Gasteiger partial charge >= 0.3 is 0 Å². The Morgan fingerprint density at radius 1 is 0.977 bits per heavy atom. The summed E-state index contributed by atoms with van der Waals surface area (Å²) in [6.07, 6.45) is 10.5. The van der Waals surface area contributed by atoms with E-state index in [2.05, 4.69) is 69.5 Å². The number of nitrogens with zero attached hydrogens (tertiary/aromatic N) is 3. The van der Waals surface area contributed by atoms with E-state index in [4.69, 9.17) is 15.2 Å². The highest BCUT2D eigenvalue weighted by Gasteiger charge is 2.25. The Hall–Kier alpha value is -2.94. The van der Waals surface area contributed by atoms with Gasteiger partial charge in [0.25, 0.3) is 0 Å². The lowest BCUT2D eigenvalue weighted by Crippen LogP contribution is -2.46. The number of hydrogen-bond acceptors (Lipinski definition) is 6. The number of amides is 1. The largest absolute Gasteiger partial charge is 0.493 e. The third-order valence-electron chi connectivity index (χ3n) is 8.63. The number of ether oxygens (including phenoxy) is 2. The van der Waals surface area contributed by atoms with Crippen LogP contribution >= 0.6 is 0 Å². The summed E-state index contributed by atoms with van der Waals surface area (Å²) in [5, 5.41) is 2.70. The molecule has 2 aromatic rings. The molecule has 0 radical (unpaired) electrons. The molecule has 236 valence electrons. The molecule has 2 fully saturated rings. The summed E-state index contributed by atoms with van der Waals surface area (Å²) >= 11 is 0. The number of piperidine rings is 2. The van der Waals surface area contributed by atoms with Crippen LogP contribution in [0.1, 0.15) is 75.8 Å². The average molecular weight is 592 g/mol. The van der Waals surface area contributed by atoms with Gasteiger partial charge in [0.1, 0.15) is 5.75 Å². The van der Waals surface area contributed by atoms with Crippen LogP contribution in [0.5, 0.6) is 5.75 Å². The number of carbonyl (C=O) groups excluding carboxylic acids is 1. The Morgan fingerprint density at radius 3 is 2.44 bits per heavy atom. The number of aliphatic imine (C=N–C) groups is 1. The van der Waals surface area contributed by atoms with Gasteiger partial charge in [0.2, 0.25) is 5.91 Å². The first-order chi connectivity index (χ1) is 21.1. The van der Waals surface area contributed by atoms with E-state index in [1.54, 1.807) is 7.11 Å². The fourth-order valence-electron chi connectivity index (χ4n) is 6.10. The van der Waals surface area contributed by atoms with E-state index >= 15 is 0 Å². The molecule has 0 unspecified atom stereocenters. The van der Waals surface area contributed by atoms with E-state index in [0.29, 0.717) is 32.6 Å². The zero-order chi connectivity index (χ0) is 30.3. The van der Waals surface area contributed by atoms with Gasteiger partial charge in [0.05, 0.1) is 6.61 Å². The smallest absolute Gasteiger partial charge is 0.226 e. The summed E-state index contributed by atoms with van der Waals surface area (Å²) in [5.41, 5.74) is 10.4. The Bertz CT molecular complexity index is 1140. The van der Waals surface area contributed by atoms with Crippen LogP contribution in [0, 0.1) is 0 Å². The van der Waals surface area contributed by atoms with Gasteiger partial charge in [-0.05, 0) is 87.5 Å². The first-order valence-electron chi connectivity index (χ1n) is 16.5. The fraction of sp³-hybridized carbons (Fsp3) is 0.600. The van der Waals surface area contributed by atoms with Crippen LogP contribution in [0.4, 0.5) is 0 Å². The van der Waals surface area contributed by atoms with Crippen LogP contribution in [-0.2, 0) is 22.5 Å². The van der Waals surface area contributed by atoms with E-state index < -0.39 is 0 Å². The molecule has 8 heteroatoms. The van der Waals surface area contributed by atoms with E-state index in [-0.39, 0.29) is 11.9 Å². The molecular weight excluding hydrogens is 538 g/mol. The molecule has 43 heavy (non-hydrogen) atoms. The number of guanidine groups is 1. The van der Waals surface area contributed by atoms with Crippen molar-refractivity contribution in [1.29, 1.82) is 0 Å². The molecule has 2 aromatic carbocycles. The van der Waals surface area contributed by atoms with Crippen LogP contribution in [0.2, 0.25) is 0 Å². The Morgan fingerprint density at radius 2 is 1.72 bits per heavy atom. The lowest BCUT2D eigenvalue weighted by atomic mass is 9.98. The maximum atomic E-state index is 12.4. The summed E-state index contributed by atoms with van der Waals surface area (Å²) in [6, 6.07) is 16.0. The monoisotopic (exact) mass is 591 g/mol. The third-order valence-corrected chi connectivity index (χ3v) is 8.63. The topological polar surface area (TPSA) is 92.4 Å². The number of likely N-dealkylation sites (tertiary alicyclic amines) is 2. The van der Waals surface area contributed by atoms with Crippen molar-refractivity contribution in [3.8, 4) is 16.9 Å². The van der Waals surface area contributed by atoms with Crippen LogP contribution < -0.4 is 15.8 Å². The van der Waals surface area contributed by atoms with Gasteiger partial charge in [-0.3, -0.25) is 20.0 Å². The Kier molecular flexibility index (Phi) is 13.8. The van der Waals surface area contributed by atoms with E-state index in [1.807, 2.05) is 0 Å². The number of aryl methyl sites for hydroxylation is 1. The number of nitrogens with two attached hydrogens (primary N) is 1. The first-order valence-corrected chi connectivity index (χ1v) is 16.5. The third kappa shape index (κ3) is 10.9. The van der Waals surface area contributed by atoms with E-state index in [0.717, 1.165) is 54.3 Å². The number of hydrogen-bond donors (Lipinski definition) is 2. The lowest BCUT2D eigenvalue weighted by Gasteiger charge is -2.40. The number of nitrogens with one attached hydrogen (secondary N) is 1. The van der Waals surface area contributed by atoms with Crippen molar-refractivity contribution in [2.75, 3.05) is 53.0 Å². The average Bonchev–Trinajstić information content (AvgIpc) is 3.03. The summed E-state index contributed by atoms with van der Waals surface area (Å²) in [7, 11) is 1.71. The lowest BCUT2D eigenvalue weighted by molar-refractivity contribution is -0.119. The first kappa shape index (κ1) is 33.0. The zero-order valence-electron chi connectivity index (χ0n) is 26.5. The highest BCUT2D eigenvalue weighted by Crippen LogP contribution is 2.32. The van der Waals surface area contributed by atoms with Gasteiger partial charge in [-0.15, -0.1) is 0 Å². The summed E-state index contributed by atoms with van der Waals surface area (Å²) in [6.45, 7) is 9.91. The molecule has 0 aromatic heterocycles. The minimum atomic E-state index is -0.129. The van der Waals surface area contributed by atoms with Gasteiger partial charge in [-0.2, -0.15) is 0 Å². The molecule has 0 atom stereocenters. The second-order valence-corrected chi connectivity index (χ2v) is 12.0. The zero-order valence-corrected chi connectivity index (χ0v) is 26.5. The molecule has 0 spiro atoms. The maximum Gasteiger partial charge on any atom is 0.226 e. The number of unbranched alkanes of at least 4 members (excludes halogenated alkanes) is 1. The number of carbonyl (C=O) groups is 1. The minimum absolute atomic E-state index is 0.129.